The van der Waals surface area contributed by atoms with Crippen LogP contribution in [0.2, 0.25) is 18.1 Å². The molecule has 4 heteroatoms. The fourth-order valence-corrected chi connectivity index (χ4v) is 5.57. The van der Waals surface area contributed by atoms with Gasteiger partial charge in [-0.05, 0) is 55.1 Å². The highest BCUT2D eigenvalue weighted by molar-refractivity contribution is 6.74. The average molecular weight is 347 g/mol. The first-order valence-corrected chi connectivity index (χ1v) is 12.1. The summed E-state index contributed by atoms with van der Waals surface area (Å²) in [5.74, 6) is 2.73. The quantitative estimate of drug-likeness (QED) is 0.653. The third-order valence-electron chi connectivity index (χ3n) is 6.71. The van der Waals surface area contributed by atoms with Gasteiger partial charge in [0.2, 0.25) is 8.32 Å². The van der Waals surface area contributed by atoms with Crippen molar-refractivity contribution in [2.45, 2.75) is 70.7 Å². The second-order valence-electron chi connectivity index (χ2n) is 9.31. The summed E-state index contributed by atoms with van der Waals surface area (Å²) in [7, 11) is -1.85. The molecule has 0 saturated heterocycles. The van der Waals surface area contributed by atoms with E-state index in [0.29, 0.717) is 5.92 Å². The minimum absolute atomic E-state index is 0.172. The normalized spacial score (nSPS) is 32.4. The molecule has 0 aromatic rings. The van der Waals surface area contributed by atoms with Crippen molar-refractivity contribution < 1.29 is 13.9 Å². The smallest absolute Gasteiger partial charge is 0.250 e. The van der Waals surface area contributed by atoms with E-state index in [0.717, 1.165) is 38.2 Å². The van der Waals surface area contributed by atoms with Gasteiger partial charge in [-0.25, -0.2) is 0 Å². The predicted molar refractivity (Wildman–Crippen MR) is 98.1 cm³/mol. The Balaban J connectivity index is 1.80. The van der Waals surface area contributed by atoms with E-state index in [1.54, 1.807) is 0 Å². The van der Waals surface area contributed by atoms with Crippen LogP contribution in [0.15, 0.2) is 34.3 Å². The summed E-state index contributed by atoms with van der Waals surface area (Å²) < 4.78 is 19.1. The van der Waals surface area contributed by atoms with Crippen molar-refractivity contribution in [2.75, 3.05) is 13.2 Å². The van der Waals surface area contributed by atoms with Crippen LogP contribution in [0.4, 0.5) is 0 Å². The van der Waals surface area contributed by atoms with Crippen molar-refractivity contribution in [1.82, 2.24) is 0 Å². The number of allylic oxidation sites excluding steroid dienone is 2. The van der Waals surface area contributed by atoms with Crippen LogP contribution in [0.25, 0.3) is 0 Å². The maximum absolute atomic E-state index is 6.80. The first-order chi connectivity index (χ1) is 11.1. The number of fused-ring (bicyclic) bond motifs is 1. The Morgan fingerprint density at radius 1 is 1.25 bits per heavy atom. The number of ether oxygens (including phenoxy) is 2. The average Bonchev–Trinajstić information content (AvgIpc) is 3.10. The summed E-state index contributed by atoms with van der Waals surface area (Å²) in [6.07, 6.45) is 5.46. The highest BCUT2D eigenvalue weighted by atomic mass is 28.4. The number of rotatable bonds is 2. The molecule has 0 aromatic carbocycles. The molecule has 4 rings (SSSR count). The SMILES string of the molecule is CC1=CC2CC3=C(COC3)C3=C(O[Si](C)(C)C(C)(C)C)CCC32O1. The number of hydrogen-bond donors (Lipinski definition) is 0. The van der Waals surface area contributed by atoms with E-state index < -0.39 is 8.32 Å². The van der Waals surface area contributed by atoms with Gasteiger partial charge in [-0.15, -0.1) is 0 Å². The molecule has 0 aromatic heterocycles. The van der Waals surface area contributed by atoms with Crippen LogP contribution in [-0.2, 0) is 13.9 Å². The molecule has 132 valence electrons. The van der Waals surface area contributed by atoms with Gasteiger partial charge in [0.05, 0.1) is 24.7 Å². The minimum Gasteiger partial charge on any atom is -0.546 e. The molecule has 0 amide bonds. The maximum atomic E-state index is 6.80. The zero-order valence-electron chi connectivity index (χ0n) is 15.9. The molecule has 0 fully saturated rings. The van der Waals surface area contributed by atoms with Crippen LogP contribution in [0.3, 0.4) is 0 Å². The third kappa shape index (κ3) is 2.18. The Morgan fingerprint density at radius 2 is 2.00 bits per heavy atom. The summed E-state index contributed by atoms with van der Waals surface area (Å²) in [5, 5.41) is 0.207. The molecule has 0 bridgehead atoms. The molecular weight excluding hydrogens is 316 g/mol. The molecule has 0 saturated carbocycles. The summed E-state index contributed by atoms with van der Waals surface area (Å²) in [6, 6.07) is 0. The summed E-state index contributed by atoms with van der Waals surface area (Å²) in [5.41, 5.74) is 4.04. The fraction of sp³-hybridized carbons (Fsp3) is 0.700. The molecule has 24 heavy (non-hydrogen) atoms. The van der Waals surface area contributed by atoms with Gasteiger partial charge in [0.15, 0.2) is 0 Å². The van der Waals surface area contributed by atoms with Gasteiger partial charge in [-0.2, -0.15) is 0 Å². The van der Waals surface area contributed by atoms with E-state index in [1.165, 1.54) is 22.5 Å². The molecule has 2 heterocycles. The van der Waals surface area contributed by atoms with Gasteiger partial charge in [0, 0.05) is 17.9 Å². The highest BCUT2D eigenvalue weighted by Crippen LogP contribution is 2.58. The topological polar surface area (TPSA) is 27.7 Å². The lowest BCUT2D eigenvalue weighted by Gasteiger charge is -2.40. The highest BCUT2D eigenvalue weighted by Gasteiger charge is 2.57. The van der Waals surface area contributed by atoms with Crippen molar-refractivity contribution in [2.24, 2.45) is 5.92 Å². The predicted octanol–water partition coefficient (Wildman–Crippen LogP) is 5.08. The first-order valence-electron chi connectivity index (χ1n) is 9.23. The van der Waals surface area contributed by atoms with Crippen LogP contribution >= 0.6 is 0 Å². The van der Waals surface area contributed by atoms with Gasteiger partial charge in [0.25, 0.3) is 0 Å². The Morgan fingerprint density at radius 3 is 2.71 bits per heavy atom. The molecular formula is C20H30O3Si. The van der Waals surface area contributed by atoms with Gasteiger partial charge >= 0.3 is 0 Å². The van der Waals surface area contributed by atoms with E-state index >= 15 is 0 Å². The maximum Gasteiger partial charge on any atom is 0.250 e. The van der Waals surface area contributed by atoms with Crippen LogP contribution < -0.4 is 0 Å². The molecule has 2 atom stereocenters. The second-order valence-corrected chi connectivity index (χ2v) is 14.0. The lowest BCUT2D eigenvalue weighted by molar-refractivity contribution is 0.0270. The fourth-order valence-electron chi connectivity index (χ4n) is 4.45. The van der Waals surface area contributed by atoms with Gasteiger partial charge in [-0.1, -0.05) is 20.8 Å². The van der Waals surface area contributed by atoms with Crippen LogP contribution in [0.1, 0.15) is 47.0 Å². The Labute approximate surface area is 146 Å². The third-order valence-corrected chi connectivity index (χ3v) is 11.1. The molecule has 0 N–H and O–H groups in total. The molecule has 3 nitrogen and oxygen atoms in total. The van der Waals surface area contributed by atoms with Crippen LogP contribution in [0, 0.1) is 5.92 Å². The first kappa shape index (κ1) is 16.5. The lowest BCUT2D eigenvalue weighted by Crippen LogP contribution is -2.42. The monoisotopic (exact) mass is 346 g/mol. The van der Waals surface area contributed by atoms with Crippen molar-refractivity contribution in [3.63, 3.8) is 0 Å². The van der Waals surface area contributed by atoms with E-state index in [9.17, 15) is 0 Å². The van der Waals surface area contributed by atoms with Crippen molar-refractivity contribution in [3.8, 4) is 0 Å². The molecule has 0 radical (unpaired) electrons. The molecule has 2 aliphatic heterocycles. The Hall–Kier alpha value is -1.00. The van der Waals surface area contributed by atoms with Gasteiger partial charge in [0.1, 0.15) is 5.60 Å². The molecule has 2 aliphatic carbocycles. The lowest BCUT2D eigenvalue weighted by atomic mass is 9.71. The van der Waals surface area contributed by atoms with Crippen LogP contribution in [-0.4, -0.2) is 27.1 Å². The van der Waals surface area contributed by atoms with E-state index in [2.05, 4.69) is 46.9 Å². The van der Waals surface area contributed by atoms with Crippen molar-refractivity contribution in [1.29, 1.82) is 0 Å². The zero-order valence-corrected chi connectivity index (χ0v) is 16.9. The van der Waals surface area contributed by atoms with Gasteiger partial charge in [-0.3, -0.25) is 0 Å². The van der Waals surface area contributed by atoms with Crippen molar-refractivity contribution in [3.05, 3.63) is 34.3 Å². The standard InChI is InChI=1S/C20H30O3Si/c1-13-9-15-10-14-11-21-12-16(14)18-17(7-8-20(15,18)22-13)23-24(5,6)19(2,3)4/h9,15H,7-8,10-12H2,1-6H3. The van der Waals surface area contributed by atoms with E-state index in [1.807, 2.05) is 0 Å². The van der Waals surface area contributed by atoms with Crippen LogP contribution in [0.5, 0.6) is 0 Å². The van der Waals surface area contributed by atoms with Gasteiger partial charge < -0.3 is 13.9 Å². The van der Waals surface area contributed by atoms with E-state index in [-0.39, 0.29) is 10.6 Å². The zero-order chi connectivity index (χ0) is 17.3. The minimum atomic E-state index is -1.85. The largest absolute Gasteiger partial charge is 0.546 e. The Bertz CT molecular complexity index is 677. The summed E-state index contributed by atoms with van der Waals surface area (Å²) in [4.78, 5) is 0. The van der Waals surface area contributed by atoms with E-state index in [4.69, 9.17) is 13.9 Å². The molecule has 2 unspecified atom stereocenters. The second kappa shape index (κ2) is 5.01. The van der Waals surface area contributed by atoms with Crippen molar-refractivity contribution >= 4 is 8.32 Å². The molecule has 1 spiro atoms. The number of hydrogen-bond acceptors (Lipinski definition) is 3. The Kier molecular flexibility index (Phi) is 3.44. The summed E-state index contributed by atoms with van der Waals surface area (Å²) in [6.45, 7) is 15.2. The summed E-state index contributed by atoms with van der Waals surface area (Å²) >= 11 is 0. The molecule has 4 aliphatic rings.